The van der Waals surface area contributed by atoms with Gasteiger partial charge < -0.3 is 16.4 Å². The molecular formula is C16H17FN8. The molecule has 1 aliphatic rings. The standard InChI is InChI=1S/C16H17FN8/c17-10-3-4-11(19-6-10)7-21-16-15(18)20-8-14(23-16)22-13-5-12(24-25-13)9-1-2-9/h3-6,8-9H,1-2,7H2,(H2,18,20)(H3,21,22,23,24,25). The van der Waals surface area contributed by atoms with Crippen LogP contribution in [0.5, 0.6) is 0 Å². The average Bonchev–Trinajstić information content (AvgIpc) is 3.36. The zero-order valence-corrected chi connectivity index (χ0v) is 13.3. The molecule has 0 amide bonds. The fourth-order valence-electron chi connectivity index (χ4n) is 2.41. The summed E-state index contributed by atoms with van der Waals surface area (Å²) >= 11 is 0. The molecule has 0 bridgehead atoms. The number of anilines is 4. The number of H-pyrrole nitrogens is 1. The van der Waals surface area contributed by atoms with Gasteiger partial charge >= 0.3 is 0 Å². The molecule has 3 heterocycles. The molecule has 25 heavy (non-hydrogen) atoms. The summed E-state index contributed by atoms with van der Waals surface area (Å²) in [5, 5.41) is 13.4. The third-order valence-electron chi connectivity index (χ3n) is 3.90. The van der Waals surface area contributed by atoms with E-state index < -0.39 is 0 Å². The molecule has 0 unspecified atom stereocenters. The van der Waals surface area contributed by atoms with Gasteiger partial charge in [0.1, 0.15) is 5.82 Å². The highest BCUT2D eigenvalue weighted by Gasteiger charge is 2.25. The van der Waals surface area contributed by atoms with Gasteiger partial charge in [-0.15, -0.1) is 0 Å². The molecule has 1 fully saturated rings. The Morgan fingerprint density at radius 3 is 2.84 bits per heavy atom. The Morgan fingerprint density at radius 2 is 2.08 bits per heavy atom. The first-order valence-corrected chi connectivity index (χ1v) is 7.96. The van der Waals surface area contributed by atoms with Gasteiger partial charge in [0, 0.05) is 17.7 Å². The highest BCUT2D eigenvalue weighted by atomic mass is 19.1. The minimum atomic E-state index is -0.376. The summed E-state index contributed by atoms with van der Waals surface area (Å²) in [6.45, 7) is 0.358. The largest absolute Gasteiger partial charge is 0.381 e. The molecule has 8 nitrogen and oxygen atoms in total. The number of rotatable bonds is 6. The molecule has 9 heteroatoms. The molecule has 3 aromatic rings. The van der Waals surface area contributed by atoms with Crippen molar-refractivity contribution in [1.29, 1.82) is 0 Å². The number of nitrogen functional groups attached to an aromatic ring is 1. The van der Waals surface area contributed by atoms with E-state index >= 15 is 0 Å². The van der Waals surface area contributed by atoms with E-state index in [4.69, 9.17) is 5.73 Å². The normalized spacial score (nSPS) is 13.6. The summed E-state index contributed by atoms with van der Waals surface area (Å²) in [5.74, 6) is 2.13. The zero-order chi connectivity index (χ0) is 17.2. The van der Waals surface area contributed by atoms with Gasteiger partial charge in [-0.05, 0) is 25.0 Å². The molecule has 0 aliphatic heterocycles. The van der Waals surface area contributed by atoms with Crippen LogP contribution in [0.4, 0.5) is 27.7 Å². The Bertz CT molecular complexity index is 872. The van der Waals surface area contributed by atoms with Gasteiger partial charge in [-0.3, -0.25) is 10.1 Å². The number of halogens is 1. The lowest BCUT2D eigenvalue weighted by Crippen LogP contribution is -2.08. The lowest BCUT2D eigenvalue weighted by atomic mass is 10.3. The monoisotopic (exact) mass is 340 g/mol. The summed E-state index contributed by atoms with van der Waals surface area (Å²) in [5.41, 5.74) is 7.66. The van der Waals surface area contributed by atoms with Crippen molar-refractivity contribution in [3.05, 3.63) is 47.8 Å². The van der Waals surface area contributed by atoms with Crippen molar-refractivity contribution in [2.24, 2.45) is 0 Å². The molecular weight excluding hydrogens is 323 g/mol. The molecule has 0 atom stereocenters. The Hall–Kier alpha value is -3.23. The van der Waals surface area contributed by atoms with E-state index in [-0.39, 0.29) is 11.6 Å². The highest BCUT2D eigenvalue weighted by Crippen LogP contribution is 2.39. The molecule has 1 saturated carbocycles. The number of nitrogens with zero attached hydrogens (tertiary/aromatic N) is 4. The average molecular weight is 340 g/mol. The van der Waals surface area contributed by atoms with Gasteiger partial charge in [0.15, 0.2) is 23.3 Å². The van der Waals surface area contributed by atoms with Gasteiger partial charge in [-0.2, -0.15) is 5.10 Å². The number of hydrogen-bond acceptors (Lipinski definition) is 7. The van der Waals surface area contributed by atoms with Crippen LogP contribution in [-0.4, -0.2) is 25.1 Å². The van der Waals surface area contributed by atoms with Gasteiger partial charge in [0.2, 0.25) is 0 Å². The van der Waals surface area contributed by atoms with Crippen molar-refractivity contribution in [1.82, 2.24) is 25.1 Å². The maximum absolute atomic E-state index is 12.9. The van der Waals surface area contributed by atoms with Crippen LogP contribution in [0.25, 0.3) is 0 Å². The number of hydrogen-bond donors (Lipinski definition) is 4. The maximum atomic E-state index is 12.9. The van der Waals surface area contributed by atoms with Crippen LogP contribution in [0.15, 0.2) is 30.6 Å². The molecule has 0 radical (unpaired) electrons. The van der Waals surface area contributed by atoms with Crippen molar-refractivity contribution in [2.75, 3.05) is 16.4 Å². The highest BCUT2D eigenvalue weighted by molar-refractivity contribution is 5.61. The molecule has 5 N–H and O–H groups in total. The van der Waals surface area contributed by atoms with Crippen molar-refractivity contribution in [3.63, 3.8) is 0 Å². The van der Waals surface area contributed by atoms with Crippen LogP contribution in [0.3, 0.4) is 0 Å². The Balaban J connectivity index is 1.44. The van der Waals surface area contributed by atoms with E-state index in [1.807, 2.05) is 6.07 Å². The topological polar surface area (TPSA) is 117 Å². The first-order valence-electron chi connectivity index (χ1n) is 7.96. The van der Waals surface area contributed by atoms with Gasteiger partial charge in [0.25, 0.3) is 0 Å². The first kappa shape index (κ1) is 15.3. The van der Waals surface area contributed by atoms with Crippen LogP contribution >= 0.6 is 0 Å². The van der Waals surface area contributed by atoms with E-state index in [9.17, 15) is 4.39 Å². The molecule has 1 aliphatic carbocycles. The lowest BCUT2D eigenvalue weighted by Gasteiger charge is -2.09. The Morgan fingerprint density at radius 1 is 1.20 bits per heavy atom. The van der Waals surface area contributed by atoms with Gasteiger partial charge in [0.05, 0.1) is 24.6 Å². The summed E-state index contributed by atoms with van der Waals surface area (Å²) in [4.78, 5) is 12.5. The maximum Gasteiger partial charge on any atom is 0.171 e. The minimum absolute atomic E-state index is 0.272. The molecule has 0 aromatic carbocycles. The third-order valence-corrected chi connectivity index (χ3v) is 3.90. The Kier molecular flexibility index (Phi) is 3.88. The van der Waals surface area contributed by atoms with Gasteiger partial charge in [-0.25, -0.2) is 14.4 Å². The summed E-state index contributed by atoms with van der Waals surface area (Å²) < 4.78 is 12.9. The van der Waals surface area contributed by atoms with Crippen LogP contribution in [-0.2, 0) is 6.54 Å². The van der Waals surface area contributed by atoms with E-state index in [2.05, 4.69) is 35.8 Å². The van der Waals surface area contributed by atoms with E-state index in [1.165, 1.54) is 25.1 Å². The summed E-state index contributed by atoms with van der Waals surface area (Å²) in [6.07, 6.45) is 5.12. The van der Waals surface area contributed by atoms with Crippen molar-refractivity contribution in [2.45, 2.75) is 25.3 Å². The van der Waals surface area contributed by atoms with Crippen molar-refractivity contribution < 1.29 is 4.39 Å². The van der Waals surface area contributed by atoms with Crippen LogP contribution in [0, 0.1) is 5.82 Å². The molecule has 0 saturated heterocycles. The number of nitrogens with two attached hydrogens (primary N) is 1. The zero-order valence-electron chi connectivity index (χ0n) is 13.3. The van der Waals surface area contributed by atoms with Crippen LogP contribution in [0.2, 0.25) is 0 Å². The van der Waals surface area contributed by atoms with E-state index in [1.54, 1.807) is 12.3 Å². The molecule has 0 spiro atoms. The Labute approximate surface area is 143 Å². The predicted octanol–water partition coefficient (Wildman–Crippen LogP) is 2.55. The summed E-state index contributed by atoms with van der Waals surface area (Å²) in [6, 6.07) is 4.93. The number of aromatic amines is 1. The smallest absolute Gasteiger partial charge is 0.171 e. The molecule has 128 valence electrons. The molecule has 3 aromatic heterocycles. The van der Waals surface area contributed by atoms with Crippen LogP contribution in [0.1, 0.15) is 30.1 Å². The second-order valence-corrected chi connectivity index (χ2v) is 5.92. The van der Waals surface area contributed by atoms with Crippen LogP contribution < -0.4 is 16.4 Å². The third kappa shape index (κ3) is 3.65. The molecule has 4 rings (SSSR count). The number of nitrogens with one attached hydrogen (secondary N) is 3. The van der Waals surface area contributed by atoms with E-state index in [0.29, 0.717) is 35.6 Å². The second-order valence-electron chi connectivity index (χ2n) is 5.92. The fraction of sp³-hybridized carbons (Fsp3) is 0.250. The van der Waals surface area contributed by atoms with Crippen molar-refractivity contribution in [3.8, 4) is 0 Å². The fourth-order valence-corrected chi connectivity index (χ4v) is 2.41. The predicted molar refractivity (Wildman–Crippen MR) is 91.8 cm³/mol. The van der Waals surface area contributed by atoms with E-state index in [0.717, 1.165) is 5.69 Å². The first-order chi connectivity index (χ1) is 12.2. The number of aromatic nitrogens is 5. The van der Waals surface area contributed by atoms with Gasteiger partial charge in [-0.1, -0.05) is 0 Å². The van der Waals surface area contributed by atoms with Crippen molar-refractivity contribution >= 4 is 23.3 Å². The second kappa shape index (κ2) is 6.34. The quantitative estimate of drug-likeness (QED) is 0.544. The lowest BCUT2D eigenvalue weighted by molar-refractivity contribution is 0.619. The summed E-state index contributed by atoms with van der Waals surface area (Å²) in [7, 11) is 0. The number of pyridine rings is 1. The minimum Gasteiger partial charge on any atom is -0.381 e. The SMILES string of the molecule is Nc1ncc(Nc2cc(C3CC3)[nH]n2)nc1NCc1ccc(F)cn1.